The number of nitrogens with one attached hydrogen (secondary N) is 2. The molecule has 0 saturated carbocycles. The average molecular weight is 466 g/mol. The summed E-state index contributed by atoms with van der Waals surface area (Å²) in [7, 11) is 0. The first-order valence-electron chi connectivity index (χ1n) is 9.64. The van der Waals surface area contributed by atoms with Crippen molar-refractivity contribution in [3.05, 3.63) is 94.0 Å². The molecule has 3 aromatic rings. The van der Waals surface area contributed by atoms with Gasteiger partial charge in [0.05, 0.1) is 6.21 Å². The van der Waals surface area contributed by atoms with E-state index in [4.69, 9.17) is 4.74 Å². The third kappa shape index (κ3) is 6.19. The molecular formula is C24H24BrN3O2. The molecule has 5 nitrogen and oxygen atoms in total. The van der Waals surface area contributed by atoms with E-state index in [1.165, 1.54) is 0 Å². The van der Waals surface area contributed by atoms with Crippen LogP contribution in [0.4, 0.5) is 5.69 Å². The van der Waals surface area contributed by atoms with Gasteiger partial charge in [-0.05, 0) is 55.3 Å². The van der Waals surface area contributed by atoms with Gasteiger partial charge >= 0.3 is 0 Å². The minimum absolute atomic E-state index is 0.220. The average Bonchev–Trinajstić information content (AvgIpc) is 2.75. The van der Waals surface area contributed by atoms with E-state index < -0.39 is 6.04 Å². The zero-order valence-electron chi connectivity index (χ0n) is 16.9. The van der Waals surface area contributed by atoms with Gasteiger partial charge in [-0.1, -0.05) is 58.4 Å². The molecule has 3 rings (SSSR count). The SMILES string of the molecule is Cc1ccccc1N[C@@H](C)C(=O)NN=Cc1ccccc1OCc1ccc(Br)cc1. The van der Waals surface area contributed by atoms with Gasteiger partial charge < -0.3 is 10.1 Å². The van der Waals surface area contributed by atoms with Crippen molar-refractivity contribution in [2.45, 2.75) is 26.5 Å². The van der Waals surface area contributed by atoms with E-state index in [0.29, 0.717) is 12.4 Å². The van der Waals surface area contributed by atoms with E-state index in [-0.39, 0.29) is 5.91 Å². The summed E-state index contributed by atoms with van der Waals surface area (Å²) in [6.07, 6.45) is 1.59. The predicted molar refractivity (Wildman–Crippen MR) is 125 cm³/mol. The van der Waals surface area contributed by atoms with E-state index in [1.807, 2.05) is 79.7 Å². The van der Waals surface area contributed by atoms with Crippen LogP contribution in [0.3, 0.4) is 0 Å². The number of rotatable bonds is 8. The predicted octanol–water partition coefficient (Wildman–Crippen LogP) is 5.29. The number of halogens is 1. The van der Waals surface area contributed by atoms with E-state index in [9.17, 15) is 4.79 Å². The smallest absolute Gasteiger partial charge is 0.262 e. The first kappa shape index (κ1) is 21.6. The maximum atomic E-state index is 12.3. The lowest BCUT2D eigenvalue weighted by atomic mass is 10.2. The molecule has 0 aliphatic heterocycles. The number of carbonyl (C=O) groups is 1. The van der Waals surface area contributed by atoms with Gasteiger partial charge in [0.1, 0.15) is 18.4 Å². The summed E-state index contributed by atoms with van der Waals surface area (Å²) < 4.78 is 6.96. The molecule has 0 unspecified atom stereocenters. The van der Waals surface area contributed by atoms with Crippen LogP contribution >= 0.6 is 15.9 Å². The molecule has 0 saturated heterocycles. The quantitative estimate of drug-likeness (QED) is 0.351. The molecule has 6 heteroatoms. The van der Waals surface area contributed by atoms with Gasteiger partial charge in [-0.2, -0.15) is 5.10 Å². The number of hydrogen-bond donors (Lipinski definition) is 2. The summed E-state index contributed by atoms with van der Waals surface area (Å²) in [5.74, 6) is 0.479. The Morgan fingerprint density at radius 1 is 1.07 bits per heavy atom. The topological polar surface area (TPSA) is 62.7 Å². The van der Waals surface area contributed by atoms with Crippen LogP contribution in [0.25, 0.3) is 0 Å². The minimum atomic E-state index is -0.424. The van der Waals surface area contributed by atoms with Crippen molar-refractivity contribution in [2.75, 3.05) is 5.32 Å². The fraction of sp³-hybridized carbons (Fsp3) is 0.167. The van der Waals surface area contributed by atoms with Crippen LogP contribution < -0.4 is 15.5 Å². The highest BCUT2D eigenvalue weighted by molar-refractivity contribution is 9.10. The maximum Gasteiger partial charge on any atom is 0.262 e. The number of aryl methyl sites for hydroxylation is 1. The fourth-order valence-electron chi connectivity index (χ4n) is 2.76. The lowest BCUT2D eigenvalue weighted by Gasteiger charge is -2.15. The maximum absolute atomic E-state index is 12.3. The van der Waals surface area contributed by atoms with Crippen molar-refractivity contribution in [1.29, 1.82) is 0 Å². The number of para-hydroxylation sites is 2. The lowest BCUT2D eigenvalue weighted by Crippen LogP contribution is -2.35. The highest BCUT2D eigenvalue weighted by Crippen LogP contribution is 2.19. The number of hydrazone groups is 1. The molecule has 0 radical (unpaired) electrons. The first-order valence-corrected chi connectivity index (χ1v) is 10.4. The fourth-order valence-corrected chi connectivity index (χ4v) is 3.02. The highest BCUT2D eigenvalue weighted by atomic mass is 79.9. The third-order valence-electron chi connectivity index (χ3n) is 4.52. The molecule has 30 heavy (non-hydrogen) atoms. The Morgan fingerprint density at radius 2 is 1.77 bits per heavy atom. The van der Waals surface area contributed by atoms with Crippen molar-refractivity contribution >= 4 is 33.7 Å². The number of amides is 1. The van der Waals surface area contributed by atoms with Crippen LogP contribution in [0.5, 0.6) is 5.75 Å². The van der Waals surface area contributed by atoms with Crippen molar-refractivity contribution < 1.29 is 9.53 Å². The summed E-state index contributed by atoms with van der Waals surface area (Å²) in [5, 5.41) is 7.30. The molecule has 2 N–H and O–H groups in total. The standard InChI is InChI=1S/C24H24BrN3O2/c1-17-7-3-5-9-22(17)27-18(2)24(29)28-26-15-20-8-4-6-10-23(20)30-16-19-11-13-21(25)14-12-19/h3-15,18,27H,16H2,1-2H3,(H,28,29)/t18-/m0/s1. The molecule has 0 aromatic heterocycles. The molecule has 3 aromatic carbocycles. The van der Waals surface area contributed by atoms with Crippen molar-refractivity contribution in [3.63, 3.8) is 0 Å². The van der Waals surface area contributed by atoms with E-state index >= 15 is 0 Å². The molecular weight excluding hydrogens is 442 g/mol. The number of anilines is 1. The number of benzene rings is 3. The summed E-state index contributed by atoms with van der Waals surface area (Å²) in [5.41, 5.74) is 6.44. The molecule has 0 aliphatic carbocycles. The van der Waals surface area contributed by atoms with Gasteiger partial charge in [0.2, 0.25) is 0 Å². The minimum Gasteiger partial charge on any atom is -0.488 e. The number of nitrogens with zero attached hydrogens (tertiary/aromatic N) is 1. The molecule has 154 valence electrons. The Morgan fingerprint density at radius 3 is 2.53 bits per heavy atom. The van der Waals surface area contributed by atoms with Crippen molar-refractivity contribution in [3.8, 4) is 5.75 Å². The van der Waals surface area contributed by atoms with Gasteiger partial charge in [0.15, 0.2) is 0 Å². The normalized spacial score (nSPS) is 11.8. The Kier molecular flexibility index (Phi) is 7.63. The van der Waals surface area contributed by atoms with Crippen molar-refractivity contribution in [1.82, 2.24) is 5.43 Å². The van der Waals surface area contributed by atoms with E-state index in [0.717, 1.165) is 26.9 Å². The molecule has 0 aliphatic rings. The summed E-state index contributed by atoms with van der Waals surface area (Å²) >= 11 is 3.43. The molecule has 1 amide bonds. The van der Waals surface area contributed by atoms with Gasteiger partial charge in [0.25, 0.3) is 5.91 Å². The molecule has 0 spiro atoms. The largest absolute Gasteiger partial charge is 0.488 e. The highest BCUT2D eigenvalue weighted by Gasteiger charge is 2.12. The number of ether oxygens (including phenoxy) is 1. The van der Waals surface area contributed by atoms with Crippen molar-refractivity contribution in [2.24, 2.45) is 5.10 Å². The summed E-state index contributed by atoms with van der Waals surface area (Å²) in [6.45, 7) is 4.24. The van der Waals surface area contributed by atoms with Crippen LogP contribution in [0.1, 0.15) is 23.6 Å². The first-order chi connectivity index (χ1) is 14.5. The van der Waals surface area contributed by atoms with Gasteiger partial charge in [0, 0.05) is 15.7 Å². The lowest BCUT2D eigenvalue weighted by molar-refractivity contribution is -0.121. The zero-order chi connectivity index (χ0) is 21.3. The van der Waals surface area contributed by atoms with Crippen LogP contribution in [-0.4, -0.2) is 18.2 Å². The summed E-state index contributed by atoms with van der Waals surface area (Å²) in [6, 6.07) is 23.0. The zero-order valence-corrected chi connectivity index (χ0v) is 18.5. The third-order valence-corrected chi connectivity index (χ3v) is 5.04. The second kappa shape index (κ2) is 10.6. The van der Waals surface area contributed by atoms with E-state index in [2.05, 4.69) is 31.8 Å². The van der Waals surface area contributed by atoms with Gasteiger partial charge in [-0.15, -0.1) is 0 Å². The van der Waals surface area contributed by atoms with Crippen LogP contribution in [0.15, 0.2) is 82.4 Å². The Hall–Kier alpha value is -3.12. The number of hydrogen-bond acceptors (Lipinski definition) is 4. The second-order valence-corrected chi connectivity index (χ2v) is 7.78. The molecule has 0 bridgehead atoms. The summed E-state index contributed by atoms with van der Waals surface area (Å²) in [4.78, 5) is 12.3. The Balaban J connectivity index is 1.57. The molecule has 0 fully saturated rings. The molecule has 0 heterocycles. The van der Waals surface area contributed by atoms with Crippen LogP contribution in [0, 0.1) is 6.92 Å². The van der Waals surface area contributed by atoms with E-state index in [1.54, 1.807) is 13.1 Å². The Bertz CT molecular complexity index is 1020. The Labute approximate surface area is 185 Å². The number of carbonyl (C=O) groups excluding carboxylic acids is 1. The van der Waals surface area contributed by atoms with Gasteiger partial charge in [-0.25, -0.2) is 5.43 Å². The second-order valence-electron chi connectivity index (χ2n) is 6.87. The van der Waals surface area contributed by atoms with Gasteiger partial charge in [-0.3, -0.25) is 4.79 Å². The monoisotopic (exact) mass is 465 g/mol. The van der Waals surface area contributed by atoms with Crippen LogP contribution in [-0.2, 0) is 11.4 Å². The molecule has 1 atom stereocenters. The van der Waals surface area contributed by atoms with Crippen LogP contribution in [0.2, 0.25) is 0 Å².